The standard InChI is InChI=1S/C19H16F3N5O2/c20-19(21,22)12-4-1-3-11(9-12)18(6-2-7-18)26-17(29)14-5-8-24-16-13(15(23)28)10-25-27(14)16/h1,3-5,8-10H,2,6-7H2,(H2,23,28)(H,26,29). The van der Waals surface area contributed by atoms with Crippen molar-refractivity contribution in [1.82, 2.24) is 19.9 Å². The van der Waals surface area contributed by atoms with Gasteiger partial charge in [0.15, 0.2) is 5.65 Å². The molecule has 2 aromatic heterocycles. The minimum atomic E-state index is -4.47. The second-order valence-electron chi connectivity index (χ2n) is 6.96. The Balaban J connectivity index is 1.69. The Hall–Kier alpha value is -3.43. The Morgan fingerprint density at radius 1 is 1.21 bits per heavy atom. The summed E-state index contributed by atoms with van der Waals surface area (Å²) in [7, 11) is 0. The Morgan fingerprint density at radius 3 is 2.59 bits per heavy atom. The van der Waals surface area contributed by atoms with Crippen LogP contribution in [-0.4, -0.2) is 26.4 Å². The third kappa shape index (κ3) is 3.20. The number of aromatic nitrogens is 3. The highest BCUT2D eigenvalue weighted by Crippen LogP contribution is 2.43. The molecule has 4 rings (SSSR count). The molecule has 1 saturated carbocycles. The summed E-state index contributed by atoms with van der Waals surface area (Å²) in [6.07, 6.45) is -0.110. The molecule has 2 heterocycles. The fraction of sp³-hybridized carbons (Fsp3) is 0.263. The molecule has 1 aromatic carbocycles. The fourth-order valence-corrected chi connectivity index (χ4v) is 3.53. The van der Waals surface area contributed by atoms with Crippen LogP contribution in [0.5, 0.6) is 0 Å². The number of benzene rings is 1. The molecule has 1 fully saturated rings. The fourth-order valence-electron chi connectivity index (χ4n) is 3.53. The van der Waals surface area contributed by atoms with Crippen LogP contribution in [0.2, 0.25) is 0 Å². The van der Waals surface area contributed by atoms with Gasteiger partial charge in [-0.25, -0.2) is 9.50 Å². The highest BCUT2D eigenvalue weighted by atomic mass is 19.4. The molecule has 3 aromatic rings. The summed E-state index contributed by atoms with van der Waals surface area (Å²) in [4.78, 5) is 28.5. The van der Waals surface area contributed by atoms with Gasteiger partial charge in [-0.15, -0.1) is 0 Å². The first-order chi connectivity index (χ1) is 13.7. The summed E-state index contributed by atoms with van der Waals surface area (Å²) in [6.45, 7) is 0. The average molecular weight is 403 g/mol. The largest absolute Gasteiger partial charge is 0.416 e. The van der Waals surface area contributed by atoms with Crippen molar-refractivity contribution in [2.24, 2.45) is 5.73 Å². The first-order valence-electron chi connectivity index (χ1n) is 8.84. The third-order valence-electron chi connectivity index (χ3n) is 5.20. The van der Waals surface area contributed by atoms with Crippen LogP contribution in [-0.2, 0) is 11.7 Å². The van der Waals surface area contributed by atoms with Crippen molar-refractivity contribution in [3.63, 3.8) is 0 Å². The number of hydrogen-bond donors (Lipinski definition) is 2. The molecule has 0 aliphatic heterocycles. The SMILES string of the molecule is NC(=O)c1cnn2c(C(=O)NC3(c4cccc(C(F)(F)F)c4)CCC3)ccnc12. The predicted molar refractivity (Wildman–Crippen MR) is 95.9 cm³/mol. The second kappa shape index (κ2) is 6.57. The van der Waals surface area contributed by atoms with Gasteiger partial charge in [0.1, 0.15) is 11.3 Å². The van der Waals surface area contributed by atoms with Crippen molar-refractivity contribution < 1.29 is 22.8 Å². The summed E-state index contributed by atoms with van der Waals surface area (Å²) in [6, 6.07) is 6.40. The van der Waals surface area contributed by atoms with Gasteiger partial charge in [-0.2, -0.15) is 18.3 Å². The predicted octanol–water partition coefficient (Wildman–Crippen LogP) is 2.66. The lowest BCUT2D eigenvalue weighted by atomic mass is 9.71. The van der Waals surface area contributed by atoms with Gasteiger partial charge < -0.3 is 11.1 Å². The number of nitrogens with two attached hydrogens (primary N) is 1. The summed E-state index contributed by atoms with van der Waals surface area (Å²) >= 11 is 0. The van der Waals surface area contributed by atoms with Gasteiger partial charge in [-0.05, 0) is 43.0 Å². The maximum atomic E-state index is 13.1. The van der Waals surface area contributed by atoms with E-state index in [2.05, 4.69) is 15.4 Å². The molecule has 1 aliphatic rings. The van der Waals surface area contributed by atoms with Crippen molar-refractivity contribution in [3.05, 3.63) is 65.1 Å². The highest BCUT2D eigenvalue weighted by molar-refractivity contribution is 6.00. The number of carbonyl (C=O) groups is 2. The zero-order chi connectivity index (χ0) is 20.8. The zero-order valence-electron chi connectivity index (χ0n) is 15.0. The van der Waals surface area contributed by atoms with E-state index in [1.807, 2.05) is 0 Å². The van der Waals surface area contributed by atoms with E-state index in [0.717, 1.165) is 18.6 Å². The van der Waals surface area contributed by atoms with Crippen LogP contribution in [0.25, 0.3) is 5.65 Å². The lowest BCUT2D eigenvalue weighted by molar-refractivity contribution is -0.137. The average Bonchev–Trinajstić information content (AvgIpc) is 3.08. The molecule has 29 heavy (non-hydrogen) atoms. The first-order valence-corrected chi connectivity index (χ1v) is 8.84. The molecule has 1 aliphatic carbocycles. The molecule has 0 saturated heterocycles. The summed E-state index contributed by atoms with van der Waals surface area (Å²) in [5.74, 6) is -1.27. The number of alkyl halides is 3. The normalized spacial score (nSPS) is 15.7. The molecule has 0 spiro atoms. The van der Waals surface area contributed by atoms with E-state index >= 15 is 0 Å². The maximum Gasteiger partial charge on any atom is 0.416 e. The van der Waals surface area contributed by atoms with E-state index < -0.39 is 29.1 Å². The summed E-state index contributed by atoms with van der Waals surface area (Å²) in [5.41, 5.74) is 4.32. The highest BCUT2D eigenvalue weighted by Gasteiger charge is 2.42. The molecule has 0 unspecified atom stereocenters. The number of fused-ring (bicyclic) bond motifs is 1. The molecule has 0 radical (unpaired) electrons. The van der Waals surface area contributed by atoms with Crippen LogP contribution < -0.4 is 11.1 Å². The molecule has 0 atom stereocenters. The van der Waals surface area contributed by atoms with Gasteiger partial charge in [0.2, 0.25) is 0 Å². The second-order valence-corrected chi connectivity index (χ2v) is 6.96. The van der Waals surface area contributed by atoms with Gasteiger partial charge in [-0.1, -0.05) is 12.1 Å². The quantitative estimate of drug-likeness (QED) is 0.699. The monoisotopic (exact) mass is 403 g/mol. The number of nitrogens with zero attached hydrogens (tertiary/aromatic N) is 3. The molecule has 7 nitrogen and oxygen atoms in total. The summed E-state index contributed by atoms with van der Waals surface area (Å²) < 4.78 is 40.5. The van der Waals surface area contributed by atoms with Crippen LogP contribution in [0.1, 0.15) is 51.2 Å². The van der Waals surface area contributed by atoms with Crippen molar-refractivity contribution in [1.29, 1.82) is 0 Å². The number of rotatable bonds is 4. The van der Waals surface area contributed by atoms with Crippen molar-refractivity contribution in [3.8, 4) is 0 Å². The number of hydrogen-bond acceptors (Lipinski definition) is 4. The van der Waals surface area contributed by atoms with E-state index in [1.54, 1.807) is 6.07 Å². The Bertz CT molecular complexity index is 1120. The summed E-state index contributed by atoms with van der Waals surface area (Å²) in [5, 5.41) is 6.86. The van der Waals surface area contributed by atoms with Gasteiger partial charge in [0.05, 0.1) is 17.3 Å². The van der Waals surface area contributed by atoms with E-state index in [1.165, 1.54) is 29.0 Å². The van der Waals surface area contributed by atoms with Crippen LogP contribution in [0.3, 0.4) is 0 Å². The van der Waals surface area contributed by atoms with Gasteiger partial charge in [-0.3, -0.25) is 9.59 Å². The van der Waals surface area contributed by atoms with E-state index in [9.17, 15) is 22.8 Å². The molecule has 150 valence electrons. The Labute approximate surface area is 162 Å². The lowest BCUT2D eigenvalue weighted by Gasteiger charge is -2.43. The van der Waals surface area contributed by atoms with Gasteiger partial charge >= 0.3 is 6.18 Å². The van der Waals surface area contributed by atoms with Gasteiger partial charge in [0.25, 0.3) is 11.8 Å². The Kier molecular flexibility index (Phi) is 4.29. The van der Waals surface area contributed by atoms with Gasteiger partial charge in [0, 0.05) is 6.20 Å². The lowest BCUT2D eigenvalue weighted by Crippen LogP contribution is -2.51. The molecule has 0 bridgehead atoms. The van der Waals surface area contributed by atoms with E-state index in [-0.39, 0.29) is 16.9 Å². The zero-order valence-corrected chi connectivity index (χ0v) is 15.0. The molecular formula is C19H16F3N5O2. The van der Waals surface area contributed by atoms with Crippen LogP contribution >= 0.6 is 0 Å². The maximum absolute atomic E-state index is 13.1. The van der Waals surface area contributed by atoms with Crippen molar-refractivity contribution >= 4 is 17.5 Å². The number of nitrogens with one attached hydrogen (secondary N) is 1. The number of carbonyl (C=O) groups excluding carboxylic acids is 2. The molecule has 2 amide bonds. The smallest absolute Gasteiger partial charge is 0.365 e. The van der Waals surface area contributed by atoms with Crippen molar-refractivity contribution in [2.45, 2.75) is 31.0 Å². The van der Waals surface area contributed by atoms with Crippen LogP contribution in [0, 0.1) is 0 Å². The molecule has 10 heteroatoms. The minimum Gasteiger partial charge on any atom is -0.365 e. The van der Waals surface area contributed by atoms with Crippen LogP contribution in [0.15, 0.2) is 42.7 Å². The third-order valence-corrected chi connectivity index (χ3v) is 5.20. The Morgan fingerprint density at radius 2 is 1.97 bits per heavy atom. The van der Waals surface area contributed by atoms with Crippen LogP contribution in [0.4, 0.5) is 13.2 Å². The number of amides is 2. The van der Waals surface area contributed by atoms with E-state index in [4.69, 9.17) is 5.73 Å². The minimum absolute atomic E-state index is 0.0656. The van der Waals surface area contributed by atoms with Crippen molar-refractivity contribution in [2.75, 3.05) is 0 Å². The topological polar surface area (TPSA) is 102 Å². The van der Waals surface area contributed by atoms with E-state index in [0.29, 0.717) is 18.4 Å². The molecular weight excluding hydrogens is 387 g/mol. The number of halogens is 3. The number of primary amides is 1. The first kappa shape index (κ1) is 18.9. The molecule has 3 N–H and O–H groups in total.